The topological polar surface area (TPSA) is 35.5 Å². The predicted molar refractivity (Wildman–Crippen MR) is 159 cm³/mol. The molecule has 4 nitrogen and oxygen atoms in total. The number of carbonyl (C=O) groups excluding carboxylic acids is 1. The molecule has 0 spiro atoms. The van der Waals surface area contributed by atoms with Gasteiger partial charge in [-0.1, -0.05) is 107 Å². The van der Waals surface area contributed by atoms with Crippen molar-refractivity contribution in [3.05, 3.63) is 65.7 Å². The van der Waals surface area contributed by atoms with Crippen LogP contribution in [0.25, 0.3) is 0 Å². The first-order valence-electron chi connectivity index (χ1n) is 15.2. The average Bonchev–Trinajstić information content (AvgIpc) is 2.90. The fourth-order valence-electron chi connectivity index (χ4n) is 4.92. The van der Waals surface area contributed by atoms with Crippen LogP contribution in [-0.2, 0) is 22.5 Å². The number of aryl methyl sites for hydroxylation is 1. The van der Waals surface area contributed by atoms with Crippen LogP contribution >= 0.6 is 0 Å². The van der Waals surface area contributed by atoms with Gasteiger partial charge in [-0.25, -0.2) is 0 Å². The number of rotatable bonds is 22. The van der Waals surface area contributed by atoms with Crippen molar-refractivity contribution in [2.24, 2.45) is 0 Å². The summed E-state index contributed by atoms with van der Waals surface area (Å²) in [6, 6.07) is 19.0. The van der Waals surface area contributed by atoms with Crippen LogP contribution in [0.1, 0.15) is 102 Å². The Morgan fingerprint density at radius 2 is 1.37 bits per heavy atom. The van der Waals surface area contributed by atoms with Crippen molar-refractivity contribution in [3.8, 4) is 5.75 Å². The monoisotopic (exact) mass is 524 g/mol. The van der Waals surface area contributed by atoms with Gasteiger partial charge in [0.15, 0.2) is 0 Å². The van der Waals surface area contributed by atoms with E-state index in [0.717, 1.165) is 36.2 Å². The van der Waals surface area contributed by atoms with Gasteiger partial charge in [-0.2, -0.15) is 0 Å². The standard InChI is InChI=1S/C34H54NO3/c1-4-5-6-7-8-9-10-11-12-14-20-31-23-17-24-33(29-31)37-27-19-28-38-34(36)25-18-26-35(2,3)30-32-21-15-13-16-22-32/h13,15-17,21-24,29H,4-12,14,18-20,25-28,30H2,1-3H3/q+1. The molecule has 0 N–H and O–H groups in total. The molecule has 0 unspecified atom stereocenters. The molecule has 0 radical (unpaired) electrons. The molecule has 0 aliphatic carbocycles. The molecule has 0 saturated heterocycles. The average molecular weight is 525 g/mol. The fraction of sp³-hybridized carbons (Fsp3) is 0.618. The quantitative estimate of drug-likeness (QED) is 0.0879. The van der Waals surface area contributed by atoms with Crippen molar-refractivity contribution < 1.29 is 18.8 Å². The number of quaternary nitrogens is 1. The molecule has 0 amide bonds. The van der Waals surface area contributed by atoms with E-state index in [4.69, 9.17) is 9.47 Å². The fourth-order valence-corrected chi connectivity index (χ4v) is 4.92. The maximum atomic E-state index is 12.1. The van der Waals surface area contributed by atoms with E-state index in [0.29, 0.717) is 26.1 Å². The lowest BCUT2D eigenvalue weighted by Crippen LogP contribution is -2.39. The van der Waals surface area contributed by atoms with E-state index < -0.39 is 0 Å². The maximum Gasteiger partial charge on any atom is 0.306 e. The highest BCUT2D eigenvalue weighted by molar-refractivity contribution is 5.69. The third kappa shape index (κ3) is 15.8. The molecule has 4 heteroatoms. The van der Waals surface area contributed by atoms with Gasteiger partial charge in [0.05, 0.1) is 40.3 Å². The third-order valence-corrected chi connectivity index (χ3v) is 7.14. The Morgan fingerprint density at radius 1 is 0.711 bits per heavy atom. The molecule has 212 valence electrons. The lowest BCUT2D eigenvalue weighted by atomic mass is 10.0. The minimum Gasteiger partial charge on any atom is -0.493 e. The Balaban J connectivity index is 1.48. The van der Waals surface area contributed by atoms with Crippen LogP contribution in [0, 0.1) is 0 Å². The second kappa shape index (κ2) is 19.7. The van der Waals surface area contributed by atoms with Crippen molar-refractivity contribution in [1.82, 2.24) is 0 Å². The number of esters is 1. The van der Waals surface area contributed by atoms with Gasteiger partial charge in [-0.05, 0) is 30.5 Å². The number of benzene rings is 2. The SMILES string of the molecule is CCCCCCCCCCCCc1cccc(OCCCOC(=O)CCC[N+](C)(C)Cc2ccccc2)c1. The summed E-state index contributed by atoms with van der Waals surface area (Å²) in [5.74, 6) is 0.808. The van der Waals surface area contributed by atoms with Gasteiger partial charge in [-0.15, -0.1) is 0 Å². The highest BCUT2D eigenvalue weighted by Gasteiger charge is 2.16. The van der Waals surface area contributed by atoms with Crippen molar-refractivity contribution in [2.45, 2.75) is 103 Å². The van der Waals surface area contributed by atoms with Gasteiger partial charge in [0.25, 0.3) is 0 Å². The van der Waals surface area contributed by atoms with Crippen molar-refractivity contribution in [3.63, 3.8) is 0 Å². The van der Waals surface area contributed by atoms with E-state index >= 15 is 0 Å². The van der Waals surface area contributed by atoms with E-state index in [1.54, 1.807) is 0 Å². The van der Waals surface area contributed by atoms with Crippen LogP contribution in [-0.4, -0.2) is 44.3 Å². The van der Waals surface area contributed by atoms with Crippen LogP contribution in [0.4, 0.5) is 0 Å². The molecule has 0 aliphatic heterocycles. The van der Waals surface area contributed by atoms with E-state index in [-0.39, 0.29) is 5.97 Å². The molecule has 0 bridgehead atoms. The summed E-state index contributed by atoms with van der Waals surface area (Å²) in [5.41, 5.74) is 2.67. The first-order chi connectivity index (χ1) is 18.5. The Labute approximate surface area is 233 Å². The molecule has 0 fully saturated rings. The van der Waals surface area contributed by atoms with Crippen LogP contribution in [0.15, 0.2) is 54.6 Å². The molecule has 2 rings (SSSR count). The van der Waals surface area contributed by atoms with Gasteiger partial charge < -0.3 is 14.0 Å². The van der Waals surface area contributed by atoms with Crippen LogP contribution in [0.3, 0.4) is 0 Å². The molecule has 38 heavy (non-hydrogen) atoms. The van der Waals surface area contributed by atoms with E-state index in [2.05, 4.69) is 63.5 Å². The number of nitrogens with zero attached hydrogens (tertiary/aromatic N) is 1. The first-order valence-corrected chi connectivity index (χ1v) is 15.2. The summed E-state index contributed by atoms with van der Waals surface area (Å²) in [5, 5.41) is 0. The summed E-state index contributed by atoms with van der Waals surface area (Å²) >= 11 is 0. The van der Waals surface area contributed by atoms with Gasteiger partial charge in [0.1, 0.15) is 12.3 Å². The molecular formula is C34H54NO3+. The Hall–Kier alpha value is -2.33. The summed E-state index contributed by atoms with van der Waals surface area (Å²) in [7, 11) is 4.42. The van der Waals surface area contributed by atoms with Crippen molar-refractivity contribution in [1.29, 1.82) is 0 Å². The molecular weight excluding hydrogens is 470 g/mol. The van der Waals surface area contributed by atoms with Gasteiger partial charge in [0.2, 0.25) is 0 Å². The zero-order valence-electron chi connectivity index (χ0n) is 24.6. The minimum absolute atomic E-state index is 0.108. The second-order valence-electron chi connectivity index (χ2n) is 11.4. The van der Waals surface area contributed by atoms with E-state index in [1.165, 1.54) is 75.3 Å². The molecule has 0 atom stereocenters. The lowest BCUT2D eigenvalue weighted by molar-refractivity contribution is -0.903. The minimum atomic E-state index is -0.108. The molecule has 0 saturated carbocycles. The van der Waals surface area contributed by atoms with Crippen molar-refractivity contribution >= 4 is 5.97 Å². The molecule has 0 aromatic heterocycles. The Morgan fingerprint density at radius 3 is 2.08 bits per heavy atom. The predicted octanol–water partition coefficient (Wildman–Crippen LogP) is 8.52. The zero-order chi connectivity index (χ0) is 27.3. The van der Waals surface area contributed by atoms with Crippen LogP contribution in [0.2, 0.25) is 0 Å². The van der Waals surface area contributed by atoms with Crippen LogP contribution in [0.5, 0.6) is 5.75 Å². The van der Waals surface area contributed by atoms with Crippen LogP contribution < -0.4 is 4.74 Å². The van der Waals surface area contributed by atoms with Gasteiger partial charge in [0, 0.05) is 18.4 Å². The summed E-state index contributed by atoms with van der Waals surface area (Å²) < 4.78 is 12.2. The number of carbonyl (C=O) groups is 1. The Bertz CT molecular complexity index is 865. The van der Waals surface area contributed by atoms with E-state index in [1.807, 2.05) is 12.1 Å². The normalized spacial score (nSPS) is 11.4. The number of ether oxygens (including phenoxy) is 2. The highest BCUT2D eigenvalue weighted by Crippen LogP contribution is 2.17. The zero-order valence-corrected chi connectivity index (χ0v) is 24.6. The summed E-state index contributed by atoms with van der Waals surface area (Å²) in [6.45, 7) is 5.17. The number of unbranched alkanes of at least 4 members (excludes halogenated alkanes) is 9. The molecule has 0 heterocycles. The maximum absolute atomic E-state index is 12.1. The van der Waals surface area contributed by atoms with Gasteiger partial charge in [-0.3, -0.25) is 4.79 Å². The number of hydrogen-bond acceptors (Lipinski definition) is 3. The molecule has 2 aromatic rings. The number of hydrogen-bond donors (Lipinski definition) is 0. The highest BCUT2D eigenvalue weighted by atomic mass is 16.5. The summed E-state index contributed by atoms with van der Waals surface area (Å²) in [4.78, 5) is 12.1. The van der Waals surface area contributed by atoms with Crippen molar-refractivity contribution in [2.75, 3.05) is 33.9 Å². The molecule has 2 aromatic carbocycles. The van der Waals surface area contributed by atoms with E-state index in [9.17, 15) is 4.79 Å². The molecule has 0 aliphatic rings. The summed E-state index contributed by atoms with van der Waals surface area (Å²) in [6.07, 6.45) is 16.8. The second-order valence-corrected chi connectivity index (χ2v) is 11.4. The Kier molecular flexibility index (Phi) is 16.5. The van der Waals surface area contributed by atoms with Gasteiger partial charge >= 0.3 is 5.97 Å². The first kappa shape index (κ1) is 31.9. The third-order valence-electron chi connectivity index (χ3n) is 7.14. The lowest BCUT2D eigenvalue weighted by Gasteiger charge is -2.29. The largest absolute Gasteiger partial charge is 0.493 e. The smallest absolute Gasteiger partial charge is 0.306 e.